The van der Waals surface area contributed by atoms with E-state index >= 15 is 0 Å². The highest BCUT2D eigenvalue weighted by atomic mass is 19.4. The van der Waals surface area contributed by atoms with Crippen molar-refractivity contribution in [1.82, 2.24) is 15.6 Å². The molecule has 2 amide bonds. The summed E-state index contributed by atoms with van der Waals surface area (Å²) >= 11 is 0. The predicted molar refractivity (Wildman–Crippen MR) is 118 cm³/mol. The number of nitrogens with one attached hydrogen (secondary N) is 2. The van der Waals surface area contributed by atoms with Crippen molar-refractivity contribution in [3.8, 4) is 0 Å². The van der Waals surface area contributed by atoms with Gasteiger partial charge in [0.1, 0.15) is 17.3 Å². The largest absolute Gasteiger partial charge is 0.403 e. The van der Waals surface area contributed by atoms with Gasteiger partial charge in [-0.05, 0) is 53.6 Å². The molecule has 184 valence electrons. The summed E-state index contributed by atoms with van der Waals surface area (Å²) in [5, 5.41) is 6.25. The normalized spacial score (nSPS) is 15.5. The van der Waals surface area contributed by atoms with E-state index in [4.69, 9.17) is 5.73 Å². The summed E-state index contributed by atoms with van der Waals surface area (Å²) in [5.41, 5.74) is 4.10. The van der Waals surface area contributed by atoms with Crippen LogP contribution in [0.5, 0.6) is 0 Å². The minimum atomic E-state index is -4.76. The van der Waals surface area contributed by atoms with Crippen molar-refractivity contribution in [2.45, 2.75) is 38.0 Å². The number of anilines is 1. The molecule has 1 atom stereocenters. The number of pyridine rings is 1. The molecule has 35 heavy (non-hydrogen) atoms. The van der Waals surface area contributed by atoms with Gasteiger partial charge in [-0.1, -0.05) is 18.2 Å². The van der Waals surface area contributed by atoms with Crippen LogP contribution in [0.25, 0.3) is 10.8 Å². The number of fused-ring (bicyclic) bond motifs is 1. The second kappa shape index (κ2) is 9.12. The van der Waals surface area contributed by atoms with Crippen LogP contribution in [0.4, 0.5) is 27.8 Å². The van der Waals surface area contributed by atoms with Gasteiger partial charge in [-0.3, -0.25) is 9.59 Å². The number of benzene rings is 2. The fourth-order valence-electron chi connectivity index (χ4n) is 3.85. The number of amides is 2. The molecule has 0 saturated heterocycles. The first kappa shape index (κ1) is 24.4. The minimum absolute atomic E-state index is 0.00552. The van der Waals surface area contributed by atoms with E-state index in [1.54, 1.807) is 24.3 Å². The maximum absolute atomic E-state index is 13.6. The summed E-state index contributed by atoms with van der Waals surface area (Å²) in [6.45, 7) is 0.00552. The number of halogens is 5. The van der Waals surface area contributed by atoms with Crippen molar-refractivity contribution in [3.05, 3.63) is 71.4 Å². The number of carbonyl (C=O) groups is 2. The molecule has 0 spiro atoms. The maximum atomic E-state index is 13.6. The van der Waals surface area contributed by atoms with Crippen molar-refractivity contribution in [2.24, 2.45) is 5.41 Å². The minimum Gasteiger partial charge on any atom is -0.383 e. The molecule has 0 aliphatic heterocycles. The lowest BCUT2D eigenvalue weighted by molar-refractivity contribution is -0.192. The average molecular weight is 492 g/mol. The Morgan fingerprint density at radius 1 is 1.03 bits per heavy atom. The summed E-state index contributed by atoms with van der Waals surface area (Å²) in [4.78, 5) is 29.4. The van der Waals surface area contributed by atoms with Gasteiger partial charge < -0.3 is 16.4 Å². The van der Waals surface area contributed by atoms with E-state index in [2.05, 4.69) is 15.6 Å². The van der Waals surface area contributed by atoms with Gasteiger partial charge in [0, 0.05) is 24.5 Å². The van der Waals surface area contributed by atoms with Gasteiger partial charge in [-0.15, -0.1) is 0 Å². The molecule has 0 unspecified atom stereocenters. The Hall–Kier alpha value is -3.76. The molecular weight excluding hydrogens is 471 g/mol. The van der Waals surface area contributed by atoms with Crippen LogP contribution < -0.4 is 16.4 Å². The van der Waals surface area contributed by atoms with Gasteiger partial charge in [0.2, 0.25) is 11.8 Å². The second-order valence-electron chi connectivity index (χ2n) is 8.53. The highest BCUT2D eigenvalue weighted by molar-refractivity contribution is 5.93. The van der Waals surface area contributed by atoms with Crippen LogP contribution in [0.3, 0.4) is 0 Å². The first-order valence-electron chi connectivity index (χ1n) is 10.7. The third-order valence-electron chi connectivity index (χ3n) is 6.10. The molecule has 1 heterocycles. The van der Waals surface area contributed by atoms with E-state index in [9.17, 15) is 31.5 Å². The van der Waals surface area contributed by atoms with Crippen molar-refractivity contribution < 1.29 is 31.5 Å². The zero-order valence-electron chi connectivity index (χ0n) is 18.3. The summed E-state index contributed by atoms with van der Waals surface area (Å²) < 4.78 is 67.1. The van der Waals surface area contributed by atoms with Crippen LogP contribution in [0.1, 0.15) is 24.0 Å². The van der Waals surface area contributed by atoms with E-state index < -0.39 is 41.1 Å². The van der Waals surface area contributed by atoms with Crippen molar-refractivity contribution in [2.75, 3.05) is 5.73 Å². The SMILES string of the molecule is Nc1nccc2cc(CNC(=O)[C@H](Cc3ccc(F)c(F)c3)NC(=O)C3(C(F)(F)F)CC3)ccc12. The topological polar surface area (TPSA) is 97.1 Å². The summed E-state index contributed by atoms with van der Waals surface area (Å²) in [5.74, 6) is -4.03. The van der Waals surface area contributed by atoms with Crippen LogP contribution >= 0.6 is 0 Å². The smallest absolute Gasteiger partial charge is 0.383 e. The summed E-state index contributed by atoms with van der Waals surface area (Å²) in [6, 6.07) is 8.35. The molecular formula is C24H21F5N4O2. The second-order valence-corrected chi connectivity index (χ2v) is 8.53. The Morgan fingerprint density at radius 2 is 1.74 bits per heavy atom. The number of hydrogen-bond acceptors (Lipinski definition) is 4. The van der Waals surface area contributed by atoms with E-state index in [1.807, 2.05) is 0 Å². The van der Waals surface area contributed by atoms with Crippen LogP contribution in [-0.2, 0) is 22.6 Å². The van der Waals surface area contributed by atoms with Crippen molar-refractivity contribution in [1.29, 1.82) is 0 Å². The zero-order valence-corrected chi connectivity index (χ0v) is 18.3. The number of carbonyl (C=O) groups excluding carboxylic acids is 2. The fraction of sp³-hybridized carbons (Fsp3) is 0.292. The number of nitrogen functional groups attached to an aromatic ring is 1. The quantitative estimate of drug-likeness (QED) is 0.438. The molecule has 4 N–H and O–H groups in total. The molecule has 1 saturated carbocycles. The molecule has 0 bridgehead atoms. The summed E-state index contributed by atoms with van der Waals surface area (Å²) in [7, 11) is 0. The van der Waals surface area contributed by atoms with E-state index in [1.165, 1.54) is 12.3 Å². The van der Waals surface area contributed by atoms with Gasteiger partial charge in [-0.2, -0.15) is 13.2 Å². The van der Waals surface area contributed by atoms with Crippen LogP contribution in [0, 0.1) is 17.0 Å². The fourth-order valence-corrected chi connectivity index (χ4v) is 3.85. The number of alkyl halides is 3. The molecule has 1 aliphatic rings. The van der Waals surface area contributed by atoms with Crippen molar-refractivity contribution in [3.63, 3.8) is 0 Å². The molecule has 1 aliphatic carbocycles. The highest BCUT2D eigenvalue weighted by Crippen LogP contribution is 2.57. The molecule has 0 radical (unpaired) electrons. The standard InChI is InChI=1S/C24H21F5N4O2/c25-17-4-2-13(10-18(17)26)11-19(33-22(35)23(6-7-23)24(27,28)29)21(34)32-12-14-1-3-16-15(9-14)5-8-31-20(16)30/h1-5,8-10,19H,6-7,11-12H2,(H2,30,31)(H,32,34)(H,33,35)/t19-/m0/s1. The number of nitrogens with zero attached hydrogens (tertiary/aromatic N) is 1. The Morgan fingerprint density at radius 3 is 2.40 bits per heavy atom. The lowest BCUT2D eigenvalue weighted by Gasteiger charge is -2.24. The van der Waals surface area contributed by atoms with Gasteiger partial charge in [-0.25, -0.2) is 13.8 Å². The number of aromatic nitrogens is 1. The number of hydrogen-bond donors (Lipinski definition) is 3. The Bertz CT molecular complexity index is 1290. The third kappa shape index (κ3) is 5.03. The Kier molecular flexibility index (Phi) is 6.35. The van der Waals surface area contributed by atoms with Gasteiger partial charge in [0.15, 0.2) is 11.6 Å². The van der Waals surface area contributed by atoms with Crippen LogP contribution in [0.2, 0.25) is 0 Å². The lowest BCUT2D eigenvalue weighted by Crippen LogP contribution is -2.52. The van der Waals surface area contributed by atoms with Gasteiger partial charge >= 0.3 is 6.18 Å². The first-order valence-corrected chi connectivity index (χ1v) is 10.7. The zero-order chi connectivity index (χ0) is 25.4. The van der Waals surface area contributed by atoms with Gasteiger partial charge in [0.25, 0.3) is 0 Å². The Labute approximate surface area is 196 Å². The molecule has 6 nitrogen and oxygen atoms in total. The third-order valence-corrected chi connectivity index (χ3v) is 6.10. The lowest BCUT2D eigenvalue weighted by atomic mass is 10.0. The molecule has 1 fully saturated rings. The molecule has 1 aromatic heterocycles. The summed E-state index contributed by atoms with van der Waals surface area (Å²) in [6.07, 6.45) is -4.32. The van der Waals surface area contributed by atoms with Crippen LogP contribution in [-0.4, -0.2) is 29.0 Å². The molecule has 3 aromatic rings. The predicted octanol–water partition coefficient (Wildman–Crippen LogP) is 3.78. The van der Waals surface area contributed by atoms with E-state index in [-0.39, 0.29) is 31.4 Å². The van der Waals surface area contributed by atoms with E-state index in [0.717, 1.165) is 17.5 Å². The van der Waals surface area contributed by atoms with Crippen molar-refractivity contribution >= 4 is 28.4 Å². The number of nitrogens with two attached hydrogens (primary N) is 1. The molecule has 11 heteroatoms. The molecule has 2 aromatic carbocycles. The van der Waals surface area contributed by atoms with E-state index in [0.29, 0.717) is 16.8 Å². The molecule has 4 rings (SSSR count). The average Bonchev–Trinajstić information content (AvgIpc) is 3.62. The monoisotopic (exact) mass is 492 g/mol. The number of rotatable bonds is 7. The highest BCUT2D eigenvalue weighted by Gasteiger charge is 2.68. The van der Waals surface area contributed by atoms with Crippen LogP contribution in [0.15, 0.2) is 48.7 Å². The first-order chi connectivity index (χ1) is 16.5. The van der Waals surface area contributed by atoms with Gasteiger partial charge in [0.05, 0.1) is 0 Å². The Balaban J connectivity index is 1.52. The maximum Gasteiger partial charge on any atom is 0.403 e.